The lowest BCUT2D eigenvalue weighted by molar-refractivity contribution is -0.186. The van der Waals surface area contributed by atoms with Crippen molar-refractivity contribution < 1.29 is 10.1 Å². The van der Waals surface area contributed by atoms with E-state index in [2.05, 4.69) is 24.0 Å². The largest absolute Gasteiger partial charge is 0.348 e. The Morgan fingerprint density at radius 1 is 0.636 bits per heavy atom. The number of allylic oxidation sites excluding steroid dienone is 7. The van der Waals surface area contributed by atoms with Crippen LogP contribution in [0.2, 0.25) is 0 Å². The molecule has 0 spiro atoms. The van der Waals surface area contributed by atoms with Crippen molar-refractivity contribution in [2.75, 3.05) is 0 Å². The molecule has 0 aromatic carbocycles. The van der Waals surface area contributed by atoms with Crippen LogP contribution in [-0.2, 0) is 4.89 Å². The zero-order valence-corrected chi connectivity index (χ0v) is 14.3. The standard InChI is InChI=1S/C20H34O2/c1-2-3-4-5-6-7-8-9-10-11-12-13-14-15-16-17-18-19-20-22-21/h13-21H,2-12H2,1H3. The van der Waals surface area contributed by atoms with E-state index in [1.807, 2.05) is 18.2 Å². The van der Waals surface area contributed by atoms with Gasteiger partial charge in [-0.1, -0.05) is 101 Å². The molecule has 0 aliphatic rings. The van der Waals surface area contributed by atoms with Crippen LogP contribution in [0.15, 0.2) is 48.8 Å². The molecule has 0 heterocycles. The highest BCUT2D eigenvalue weighted by Crippen LogP contribution is 2.11. The molecule has 0 atom stereocenters. The summed E-state index contributed by atoms with van der Waals surface area (Å²) in [4.78, 5) is 3.80. The molecule has 0 saturated carbocycles. The molecule has 0 rings (SSSR count). The number of rotatable bonds is 15. The second-order valence-corrected chi connectivity index (χ2v) is 5.60. The Balaban J connectivity index is 3.25. The lowest BCUT2D eigenvalue weighted by atomic mass is 10.1. The van der Waals surface area contributed by atoms with E-state index < -0.39 is 0 Å². The second-order valence-electron chi connectivity index (χ2n) is 5.60. The van der Waals surface area contributed by atoms with Gasteiger partial charge in [-0.2, -0.15) is 0 Å². The highest BCUT2D eigenvalue weighted by molar-refractivity contribution is 5.14. The van der Waals surface area contributed by atoms with Crippen molar-refractivity contribution in [2.45, 2.75) is 77.6 Å². The SMILES string of the molecule is CCCCCCCCCCCCC=CC=CC=CC=COO. The Labute approximate surface area is 137 Å². The van der Waals surface area contributed by atoms with E-state index in [9.17, 15) is 0 Å². The number of hydrogen-bond acceptors (Lipinski definition) is 2. The van der Waals surface area contributed by atoms with Gasteiger partial charge < -0.3 is 4.89 Å². The molecule has 2 nitrogen and oxygen atoms in total. The van der Waals surface area contributed by atoms with Crippen LogP contribution in [0, 0.1) is 0 Å². The monoisotopic (exact) mass is 306 g/mol. The molecule has 0 bridgehead atoms. The van der Waals surface area contributed by atoms with Crippen molar-refractivity contribution in [2.24, 2.45) is 0 Å². The third kappa shape index (κ3) is 18.7. The van der Waals surface area contributed by atoms with Crippen molar-refractivity contribution in [3.05, 3.63) is 48.8 Å². The molecule has 0 amide bonds. The van der Waals surface area contributed by atoms with Crippen LogP contribution in [0.3, 0.4) is 0 Å². The Morgan fingerprint density at radius 3 is 1.73 bits per heavy atom. The van der Waals surface area contributed by atoms with Gasteiger partial charge in [-0.05, 0) is 18.9 Å². The van der Waals surface area contributed by atoms with Crippen LogP contribution in [0.4, 0.5) is 0 Å². The van der Waals surface area contributed by atoms with Crippen molar-refractivity contribution in [3.8, 4) is 0 Å². The highest BCUT2D eigenvalue weighted by Gasteiger charge is 1.91. The zero-order chi connectivity index (χ0) is 16.1. The minimum Gasteiger partial charge on any atom is -0.348 e. The van der Waals surface area contributed by atoms with E-state index in [-0.39, 0.29) is 0 Å². The minimum absolute atomic E-state index is 1.17. The van der Waals surface area contributed by atoms with Gasteiger partial charge in [0, 0.05) is 0 Å². The molecule has 0 saturated heterocycles. The summed E-state index contributed by atoms with van der Waals surface area (Å²) in [5, 5.41) is 8.05. The molecule has 0 fully saturated rings. The van der Waals surface area contributed by atoms with Crippen LogP contribution >= 0.6 is 0 Å². The summed E-state index contributed by atoms with van der Waals surface area (Å²) in [5.41, 5.74) is 0. The smallest absolute Gasteiger partial charge is 0.129 e. The molecule has 22 heavy (non-hydrogen) atoms. The first-order valence-electron chi connectivity index (χ1n) is 8.87. The molecule has 0 aliphatic heterocycles. The van der Waals surface area contributed by atoms with Gasteiger partial charge in [0.05, 0.1) is 0 Å². The third-order valence-electron chi connectivity index (χ3n) is 3.56. The molecule has 0 radical (unpaired) electrons. The first kappa shape index (κ1) is 20.7. The Morgan fingerprint density at radius 2 is 1.14 bits per heavy atom. The normalized spacial score (nSPS) is 12.5. The molecule has 0 aliphatic carbocycles. The summed E-state index contributed by atoms with van der Waals surface area (Å²) in [6, 6.07) is 0. The van der Waals surface area contributed by atoms with Crippen LogP contribution in [-0.4, -0.2) is 5.26 Å². The maximum absolute atomic E-state index is 8.05. The van der Waals surface area contributed by atoms with Gasteiger partial charge in [-0.25, -0.2) is 5.26 Å². The molecule has 0 unspecified atom stereocenters. The molecule has 2 heteroatoms. The molecular formula is C20H34O2. The summed E-state index contributed by atoms with van der Waals surface area (Å²) in [5.74, 6) is 0. The van der Waals surface area contributed by atoms with E-state index in [0.717, 1.165) is 0 Å². The fourth-order valence-electron chi connectivity index (χ4n) is 2.26. The topological polar surface area (TPSA) is 29.5 Å². The van der Waals surface area contributed by atoms with Crippen LogP contribution < -0.4 is 0 Å². The van der Waals surface area contributed by atoms with Gasteiger partial charge >= 0.3 is 0 Å². The van der Waals surface area contributed by atoms with E-state index >= 15 is 0 Å². The first-order valence-corrected chi connectivity index (χ1v) is 8.87. The maximum atomic E-state index is 8.05. The zero-order valence-electron chi connectivity index (χ0n) is 14.3. The summed E-state index contributed by atoms with van der Waals surface area (Å²) >= 11 is 0. The quantitative estimate of drug-likeness (QED) is 0.116. The average molecular weight is 306 g/mol. The maximum Gasteiger partial charge on any atom is 0.129 e. The first-order chi connectivity index (χ1) is 10.9. The van der Waals surface area contributed by atoms with Crippen molar-refractivity contribution in [1.29, 1.82) is 0 Å². The predicted octanol–water partition coefficient (Wildman–Crippen LogP) is 6.97. The molecular weight excluding hydrogens is 272 g/mol. The third-order valence-corrected chi connectivity index (χ3v) is 3.56. The van der Waals surface area contributed by atoms with Crippen LogP contribution in [0.1, 0.15) is 77.6 Å². The van der Waals surface area contributed by atoms with Crippen LogP contribution in [0.5, 0.6) is 0 Å². The van der Waals surface area contributed by atoms with E-state index in [1.165, 1.54) is 76.9 Å². The van der Waals surface area contributed by atoms with Gasteiger partial charge in [-0.15, -0.1) is 0 Å². The van der Waals surface area contributed by atoms with E-state index in [4.69, 9.17) is 5.26 Å². The Hall–Kier alpha value is -1.28. The van der Waals surface area contributed by atoms with E-state index in [1.54, 1.807) is 12.2 Å². The van der Waals surface area contributed by atoms with Gasteiger partial charge in [0.1, 0.15) is 6.26 Å². The number of hydrogen-bond donors (Lipinski definition) is 1. The average Bonchev–Trinajstić information content (AvgIpc) is 2.54. The number of unbranched alkanes of at least 4 members (excludes halogenated alkanes) is 10. The van der Waals surface area contributed by atoms with Crippen LogP contribution in [0.25, 0.3) is 0 Å². The van der Waals surface area contributed by atoms with Crippen molar-refractivity contribution in [1.82, 2.24) is 0 Å². The highest BCUT2D eigenvalue weighted by atomic mass is 17.1. The summed E-state index contributed by atoms with van der Waals surface area (Å²) in [6.07, 6.45) is 29.9. The van der Waals surface area contributed by atoms with Crippen molar-refractivity contribution in [3.63, 3.8) is 0 Å². The fraction of sp³-hybridized carbons (Fsp3) is 0.600. The molecule has 0 aromatic heterocycles. The Kier molecular flexibility index (Phi) is 18.6. The van der Waals surface area contributed by atoms with Gasteiger partial charge in [0.15, 0.2) is 0 Å². The van der Waals surface area contributed by atoms with Gasteiger partial charge in [0.25, 0.3) is 0 Å². The predicted molar refractivity (Wildman–Crippen MR) is 96.7 cm³/mol. The summed E-state index contributed by atoms with van der Waals surface area (Å²) < 4.78 is 0. The summed E-state index contributed by atoms with van der Waals surface area (Å²) in [7, 11) is 0. The Bertz CT molecular complexity index is 314. The van der Waals surface area contributed by atoms with Gasteiger partial charge in [-0.3, -0.25) is 0 Å². The molecule has 1 N–H and O–H groups in total. The fourth-order valence-corrected chi connectivity index (χ4v) is 2.26. The molecule has 126 valence electrons. The lowest BCUT2D eigenvalue weighted by Crippen LogP contribution is -1.81. The van der Waals surface area contributed by atoms with Crippen molar-refractivity contribution >= 4 is 0 Å². The van der Waals surface area contributed by atoms with Gasteiger partial charge in [0.2, 0.25) is 0 Å². The van der Waals surface area contributed by atoms with E-state index in [0.29, 0.717) is 0 Å². The second kappa shape index (κ2) is 19.7. The molecule has 0 aromatic rings. The lowest BCUT2D eigenvalue weighted by Gasteiger charge is -2.01. The summed E-state index contributed by atoms with van der Waals surface area (Å²) in [6.45, 7) is 2.27. The minimum atomic E-state index is 1.17.